The molecule has 1 N–H and O–H groups in total. The number of carbonyl (C=O) groups is 1. The van der Waals surface area contributed by atoms with Crippen molar-refractivity contribution in [1.82, 2.24) is 14.4 Å². The normalized spacial score (nSPS) is 11.8. The first kappa shape index (κ1) is 22.6. The minimum Gasteiger partial charge on any atom is -0.335 e. The van der Waals surface area contributed by atoms with Crippen LogP contribution in [-0.2, 0) is 10.0 Å². The van der Waals surface area contributed by atoms with Crippen molar-refractivity contribution in [2.45, 2.75) is 18.7 Å². The molecule has 1 amide bonds. The highest BCUT2D eigenvalue weighted by atomic mass is 32.2. The Kier molecular flexibility index (Phi) is 5.73. The molecule has 0 aliphatic rings. The van der Waals surface area contributed by atoms with E-state index in [1.165, 1.54) is 38.4 Å². The van der Waals surface area contributed by atoms with E-state index in [-0.39, 0.29) is 16.2 Å². The maximum Gasteiger partial charge on any atom is 0.259 e. The van der Waals surface area contributed by atoms with E-state index in [0.717, 1.165) is 4.31 Å². The highest BCUT2D eigenvalue weighted by Gasteiger charge is 2.22. The largest absolute Gasteiger partial charge is 0.335 e. The summed E-state index contributed by atoms with van der Waals surface area (Å²) in [7, 11) is -0.804. The van der Waals surface area contributed by atoms with Crippen molar-refractivity contribution in [2.24, 2.45) is 0 Å². The number of aromatic nitrogens is 2. The first-order valence-corrected chi connectivity index (χ1v) is 11.4. The first-order chi connectivity index (χ1) is 15.6. The molecule has 0 unspecified atom stereocenters. The molecule has 33 heavy (non-hydrogen) atoms. The molecule has 0 saturated heterocycles. The zero-order valence-corrected chi connectivity index (χ0v) is 19.2. The summed E-state index contributed by atoms with van der Waals surface area (Å²) in [6, 6.07) is 11.8. The molecule has 8 nitrogen and oxygen atoms in total. The Morgan fingerprint density at radius 2 is 1.76 bits per heavy atom. The van der Waals surface area contributed by atoms with Gasteiger partial charge in [-0.25, -0.2) is 22.1 Å². The summed E-state index contributed by atoms with van der Waals surface area (Å²) in [5.41, 5.74) is 2.94. The molecule has 0 spiro atoms. The lowest BCUT2D eigenvalue weighted by Gasteiger charge is -2.15. The number of fused-ring (bicyclic) bond motifs is 1. The summed E-state index contributed by atoms with van der Waals surface area (Å²) in [6.07, 6.45) is 0. The summed E-state index contributed by atoms with van der Waals surface area (Å²) < 4.78 is 44.8. The number of pyridine rings is 1. The molecule has 0 aliphatic carbocycles. The number of hydrogen-bond donors (Lipinski definition) is 1. The number of rotatable bonds is 5. The van der Waals surface area contributed by atoms with Crippen molar-refractivity contribution in [3.8, 4) is 11.3 Å². The summed E-state index contributed by atoms with van der Waals surface area (Å²) >= 11 is 0. The van der Waals surface area contributed by atoms with E-state index in [0.29, 0.717) is 33.6 Å². The van der Waals surface area contributed by atoms with Gasteiger partial charge in [-0.2, -0.15) is 0 Å². The van der Waals surface area contributed by atoms with Crippen LogP contribution in [-0.4, -0.2) is 42.9 Å². The van der Waals surface area contributed by atoms with Gasteiger partial charge in [-0.15, -0.1) is 0 Å². The van der Waals surface area contributed by atoms with Crippen molar-refractivity contribution in [1.29, 1.82) is 0 Å². The molecule has 0 bridgehead atoms. The number of carbonyl (C=O) groups excluding carboxylic acids is 1. The molecule has 4 rings (SSSR count). The zero-order chi connectivity index (χ0) is 23.9. The molecule has 2 aromatic carbocycles. The van der Waals surface area contributed by atoms with Gasteiger partial charge >= 0.3 is 0 Å². The molecule has 4 aromatic rings. The van der Waals surface area contributed by atoms with Crippen LogP contribution in [0.2, 0.25) is 0 Å². The van der Waals surface area contributed by atoms with E-state index in [1.54, 1.807) is 38.1 Å². The van der Waals surface area contributed by atoms with E-state index >= 15 is 0 Å². The van der Waals surface area contributed by atoms with Crippen molar-refractivity contribution in [3.63, 3.8) is 0 Å². The van der Waals surface area contributed by atoms with Gasteiger partial charge < -0.3 is 9.84 Å². The van der Waals surface area contributed by atoms with E-state index in [1.807, 2.05) is 0 Å². The molecule has 10 heteroatoms. The number of benzene rings is 2. The minimum atomic E-state index is -3.68. The van der Waals surface area contributed by atoms with Crippen LogP contribution in [0.4, 0.5) is 10.1 Å². The van der Waals surface area contributed by atoms with Gasteiger partial charge in [0.1, 0.15) is 5.82 Å². The van der Waals surface area contributed by atoms with Crippen LogP contribution in [0.3, 0.4) is 0 Å². The third-order valence-electron chi connectivity index (χ3n) is 5.24. The second kappa shape index (κ2) is 8.38. The topological polar surface area (TPSA) is 105 Å². The Balaban J connectivity index is 1.79. The van der Waals surface area contributed by atoms with Crippen LogP contribution < -0.4 is 5.32 Å². The number of aryl methyl sites for hydroxylation is 2. The number of anilines is 1. The van der Waals surface area contributed by atoms with Gasteiger partial charge in [-0.1, -0.05) is 11.2 Å². The van der Waals surface area contributed by atoms with Gasteiger partial charge in [0.25, 0.3) is 11.6 Å². The first-order valence-electron chi connectivity index (χ1n) is 9.95. The van der Waals surface area contributed by atoms with Gasteiger partial charge in [0.05, 0.1) is 27.2 Å². The summed E-state index contributed by atoms with van der Waals surface area (Å²) in [6.45, 7) is 3.45. The monoisotopic (exact) mass is 468 g/mol. The Morgan fingerprint density at radius 1 is 1.06 bits per heavy atom. The Labute approximate surface area is 190 Å². The van der Waals surface area contributed by atoms with Crippen molar-refractivity contribution >= 4 is 32.7 Å². The Morgan fingerprint density at radius 3 is 2.42 bits per heavy atom. The standard InChI is InChI=1S/C23H21FN4O4S/c1-13-5-10-17(33(30,31)28(3)4)11-19(13)25-22(29)18-12-20(15-6-8-16(24)9-7-15)26-23-21(18)14(2)27-32-23/h5-12H,1-4H3,(H,25,29). The maximum absolute atomic E-state index is 13.4. The van der Waals surface area contributed by atoms with Crippen LogP contribution in [0.25, 0.3) is 22.4 Å². The van der Waals surface area contributed by atoms with Crippen LogP contribution in [0.5, 0.6) is 0 Å². The fraction of sp³-hybridized carbons (Fsp3) is 0.174. The second-order valence-corrected chi connectivity index (χ2v) is 9.88. The lowest BCUT2D eigenvalue weighted by molar-refractivity contribution is 0.102. The smallest absolute Gasteiger partial charge is 0.259 e. The summed E-state index contributed by atoms with van der Waals surface area (Å²) in [5, 5.41) is 7.15. The van der Waals surface area contributed by atoms with Gasteiger partial charge in [-0.05, 0) is 61.9 Å². The van der Waals surface area contributed by atoms with Gasteiger partial charge in [0.2, 0.25) is 10.0 Å². The predicted molar refractivity (Wildman–Crippen MR) is 122 cm³/mol. The molecule has 0 saturated carbocycles. The average Bonchev–Trinajstić information content (AvgIpc) is 3.15. The number of hydrogen-bond acceptors (Lipinski definition) is 6. The predicted octanol–water partition coefficient (Wildman–Crippen LogP) is 4.15. The van der Waals surface area contributed by atoms with E-state index in [2.05, 4.69) is 15.5 Å². The number of sulfonamides is 1. The molecule has 0 radical (unpaired) electrons. The number of nitrogens with zero attached hydrogens (tertiary/aromatic N) is 3. The van der Waals surface area contributed by atoms with Gasteiger partial charge in [-0.3, -0.25) is 4.79 Å². The van der Waals surface area contributed by atoms with Crippen LogP contribution in [0.15, 0.2) is 57.9 Å². The average molecular weight is 469 g/mol. The molecule has 0 fully saturated rings. The number of amides is 1. The van der Waals surface area contributed by atoms with E-state index in [9.17, 15) is 17.6 Å². The van der Waals surface area contributed by atoms with Crippen LogP contribution in [0, 0.1) is 19.7 Å². The molecular weight excluding hydrogens is 447 g/mol. The summed E-state index contributed by atoms with van der Waals surface area (Å²) in [5.74, 6) is -0.879. The second-order valence-electron chi connectivity index (χ2n) is 7.73. The van der Waals surface area contributed by atoms with Gasteiger partial charge in [0, 0.05) is 25.3 Å². The van der Waals surface area contributed by atoms with Crippen molar-refractivity contribution < 1.29 is 22.1 Å². The molecule has 2 aromatic heterocycles. The van der Waals surface area contributed by atoms with Crippen molar-refractivity contribution in [2.75, 3.05) is 19.4 Å². The number of nitrogens with one attached hydrogen (secondary N) is 1. The molecule has 2 heterocycles. The van der Waals surface area contributed by atoms with Gasteiger partial charge in [0.15, 0.2) is 0 Å². The Bertz CT molecular complexity index is 1480. The third-order valence-corrected chi connectivity index (χ3v) is 7.05. The maximum atomic E-state index is 13.4. The molecular formula is C23H21FN4O4S. The van der Waals surface area contributed by atoms with E-state index in [4.69, 9.17) is 4.52 Å². The molecule has 0 atom stereocenters. The lowest BCUT2D eigenvalue weighted by atomic mass is 10.0. The quantitative estimate of drug-likeness (QED) is 0.472. The van der Waals surface area contributed by atoms with E-state index < -0.39 is 21.7 Å². The molecule has 170 valence electrons. The third kappa shape index (κ3) is 4.22. The Hall–Kier alpha value is -3.63. The SMILES string of the molecule is Cc1ccc(S(=O)(=O)N(C)C)cc1NC(=O)c1cc(-c2ccc(F)cc2)nc2onc(C)c12. The fourth-order valence-corrected chi connectivity index (χ4v) is 4.27. The highest BCUT2D eigenvalue weighted by Crippen LogP contribution is 2.29. The minimum absolute atomic E-state index is 0.0569. The zero-order valence-electron chi connectivity index (χ0n) is 18.4. The van der Waals surface area contributed by atoms with Crippen molar-refractivity contribution in [3.05, 3.63) is 71.2 Å². The van der Waals surface area contributed by atoms with Crippen LogP contribution in [0.1, 0.15) is 21.6 Å². The summed E-state index contributed by atoms with van der Waals surface area (Å²) in [4.78, 5) is 17.8. The fourth-order valence-electron chi connectivity index (χ4n) is 3.34. The number of halogens is 1. The molecule has 0 aliphatic heterocycles. The highest BCUT2D eigenvalue weighted by molar-refractivity contribution is 7.89. The van der Waals surface area contributed by atoms with Crippen LogP contribution >= 0.6 is 0 Å². The lowest BCUT2D eigenvalue weighted by Crippen LogP contribution is -2.22.